The lowest BCUT2D eigenvalue weighted by Crippen LogP contribution is -2.20. The molecule has 1 amide bonds. The largest absolute Gasteiger partial charge is 0.494 e. The number of para-hydroxylation sites is 2. The lowest BCUT2D eigenvalue weighted by Gasteiger charge is -2.15. The van der Waals surface area contributed by atoms with Crippen molar-refractivity contribution in [1.29, 1.82) is 0 Å². The second-order valence-corrected chi connectivity index (χ2v) is 9.29. The van der Waals surface area contributed by atoms with Gasteiger partial charge in [-0.3, -0.25) is 4.79 Å². The van der Waals surface area contributed by atoms with E-state index in [2.05, 4.69) is 12.2 Å². The van der Waals surface area contributed by atoms with Crippen molar-refractivity contribution in [3.05, 3.63) is 65.9 Å². The van der Waals surface area contributed by atoms with Crippen LogP contribution in [0.2, 0.25) is 0 Å². The Morgan fingerprint density at radius 1 is 0.842 bits per heavy atom. The molecule has 0 aliphatic rings. The average Bonchev–Trinajstić information content (AvgIpc) is 2.86. The number of benzene rings is 2. The van der Waals surface area contributed by atoms with Crippen LogP contribution in [0.5, 0.6) is 11.5 Å². The Bertz CT molecular complexity index is 1070. The molecule has 1 N–H and O–H groups in total. The number of esters is 2. The number of nitrogens with one attached hydrogen (secondary N) is 1. The first-order valence-corrected chi connectivity index (χ1v) is 13.1. The summed E-state index contributed by atoms with van der Waals surface area (Å²) in [4.78, 5) is 37.7. The number of hydrogen-bond donors (Lipinski definition) is 1. The third-order valence-corrected chi connectivity index (χ3v) is 5.13. The van der Waals surface area contributed by atoms with Crippen molar-refractivity contribution >= 4 is 23.5 Å². The van der Waals surface area contributed by atoms with Crippen LogP contribution in [0.15, 0.2) is 60.4 Å². The van der Waals surface area contributed by atoms with Crippen LogP contribution >= 0.6 is 0 Å². The van der Waals surface area contributed by atoms with Gasteiger partial charge in [-0.25, -0.2) is 9.59 Å². The minimum Gasteiger partial charge on any atom is -0.494 e. The Hall–Kier alpha value is -3.81. The molecular weight excluding hydrogens is 486 g/mol. The summed E-state index contributed by atoms with van der Waals surface area (Å²) in [5.74, 6) is -1.45. The summed E-state index contributed by atoms with van der Waals surface area (Å²) in [5.41, 5.74) is 0.732. The molecule has 2 aromatic rings. The Balaban J connectivity index is 2.09. The van der Waals surface area contributed by atoms with Gasteiger partial charge in [0, 0.05) is 5.56 Å². The molecule has 0 aliphatic heterocycles. The lowest BCUT2D eigenvalue weighted by molar-refractivity contribution is -0.147. The predicted octanol–water partition coefficient (Wildman–Crippen LogP) is 6.45. The first-order chi connectivity index (χ1) is 18.2. The number of rotatable bonds is 15. The summed E-state index contributed by atoms with van der Waals surface area (Å²) in [6, 6.07) is 13.5. The molecule has 0 unspecified atom stereocenters. The molecule has 0 bridgehead atoms. The van der Waals surface area contributed by atoms with Crippen molar-refractivity contribution in [2.24, 2.45) is 0 Å². The SMILES string of the molecule is CCCCCCCOc1ccc(C(=O)Nc2ccccc2O/C(=C\C(=O)OC(C)C)C(=O)OC(C)C)cc1. The van der Waals surface area contributed by atoms with E-state index in [1.54, 1.807) is 76.2 Å². The van der Waals surface area contributed by atoms with Crippen molar-refractivity contribution in [1.82, 2.24) is 0 Å². The Morgan fingerprint density at radius 2 is 1.50 bits per heavy atom. The van der Waals surface area contributed by atoms with E-state index < -0.39 is 18.0 Å². The van der Waals surface area contributed by atoms with Crippen molar-refractivity contribution in [3.8, 4) is 11.5 Å². The topological polar surface area (TPSA) is 100 Å². The summed E-state index contributed by atoms with van der Waals surface area (Å²) >= 11 is 0. The zero-order valence-electron chi connectivity index (χ0n) is 23.0. The van der Waals surface area contributed by atoms with Crippen LogP contribution in [0.25, 0.3) is 0 Å². The van der Waals surface area contributed by atoms with Gasteiger partial charge in [-0.2, -0.15) is 0 Å². The van der Waals surface area contributed by atoms with E-state index >= 15 is 0 Å². The average molecular weight is 526 g/mol. The van der Waals surface area contributed by atoms with Gasteiger partial charge < -0.3 is 24.3 Å². The van der Waals surface area contributed by atoms with Gasteiger partial charge >= 0.3 is 11.9 Å². The van der Waals surface area contributed by atoms with Gasteiger partial charge in [-0.15, -0.1) is 0 Å². The van der Waals surface area contributed by atoms with Gasteiger partial charge in [0.05, 0.1) is 30.6 Å². The molecular formula is C30H39NO7. The van der Waals surface area contributed by atoms with Crippen LogP contribution < -0.4 is 14.8 Å². The highest BCUT2D eigenvalue weighted by atomic mass is 16.6. The molecule has 0 aromatic heterocycles. The number of carbonyl (C=O) groups is 3. The molecule has 0 atom stereocenters. The Labute approximate surface area is 225 Å². The van der Waals surface area contributed by atoms with E-state index in [4.69, 9.17) is 18.9 Å². The van der Waals surface area contributed by atoms with Crippen molar-refractivity contribution < 1.29 is 33.3 Å². The van der Waals surface area contributed by atoms with Crippen LogP contribution in [-0.4, -0.2) is 36.7 Å². The highest BCUT2D eigenvalue weighted by Gasteiger charge is 2.20. The number of hydrogen-bond acceptors (Lipinski definition) is 7. The highest BCUT2D eigenvalue weighted by Crippen LogP contribution is 2.27. The predicted molar refractivity (Wildman–Crippen MR) is 146 cm³/mol. The van der Waals surface area contributed by atoms with E-state index in [1.165, 1.54) is 19.3 Å². The summed E-state index contributed by atoms with van der Waals surface area (Å²) in [6.07, 6.45) is 5.91. The summed E-state index contributed by atoms with van der Waals surface area (Å²) < 4.78 is 21.8. The molecule has 0 radical (unpaired) electrons. The second-order valence-electron chi connectivity index (χ2n) is 9.29. The van der Waals surface area contributed by atoms with E-state index in [1.807, 2.05) is 0 Å². The maximum Gasteiger partial charge on any atom is 0.374 e. The summed E-state index contributed by atoms with van der Waals surface area (Å²) in [6.45, 7) is 9.57. The molecule has 0 saturated heterocycles. The minimum absolute atomic E-state index is 0.160. The van der Waals surface area contributed by atoms with Gasteiger partial charge in [-0.1, -0.05) is 44.7 Å². The Morgan fingerprint density at radius 3 is 2.16 bits per heavy atom. The zero-order valence-corrected chi connectivity index (χ0v) is 23.0. The van der Waals surface area contributed by atoms with Crippen LogP contribution in [0.1, 0.15) is 77.1 Å². The molecule has 38 heavy (non-hydrogen) atoms. The van der Waals surface area contributed by atoms with Crippen molar-refractivity contribution in [2.75, 3.05) is 11.9 Å². The normalized spacial score (nSPS) is 11.3. The number of unbranched alkanes of at least 4 members (excludes halogenated alkanes) is 4. The lowest BCUT2D eigenvalue weighted by atomic mass is 10.1. The van der Waals surface area contributed by atoms with Gasteiger partial charge in [0.25, 0.3) is 5.91 Å². The molecule has 2 rings (SSSR count). The number of amides is 1. The van der Waals surface area contributed by atoms with Crippen LogP contribution in [0.3, 0.4) is 0 Å². The monoisotopic (exact) mass is 525 g/mol. The maximum atomic E-state index is 12.9. The van der Waals surface area contributed by atoms with Gasteiger partial charge in [0.2, 0.25) is 5.76 Å². The van der Waals surface area contributed by atoms with Gasteiger partial charge in [0.1, 0.15) is 5.75 Å². The smallest absolute Gasteiger partial charge is 0.374 e. The van der Waals surface area contributed by atoms with Crippen LogP contribution in [-0.2, 0) is 19.1 Å². The number of anilines is 1. The third kappa shape index (κ3) is 11.1. The summed E-state index contributed by atoms with van der Waals surface area (Å²) in [7, 11) is 0. The molecule has 0 saturated carbocycles. The molecule has 0 aliphatic carbocycles. The fourth-order valence-electron chi connectivity index (χ4n) is 3.35. The van der Waals surface area contributed by atoms with Gasteiger partial charge in [-0.05, 0) is 70.5 Å². The standard InChI is InChI=1S/C30H39NO7/c1-6-7-8-9-12-19-35-24-17-15-23(16-18-24)29(33)31-25-13-10-11-14-26(25)38-27(30(34)37-22(4)5)20-28(32)36-21(2)3/h10-11,13-18,20-22H,6-9,12,19H2,1-5H3,(H,31,33)/b27-20-. The van der Waals surface area contributed by atoms with Crippen LogP contribution in [0, 0.1) is 0 Å². The van der Waals surface area contributed by atoms with E-state index in [0.717, 1.165) is 18.9 Å². The Kier molecular flexibility index (Phi) is 12.9. The molecule has 8 heteroatoms. The maximum absolute atomic E-state index is 12.9. The first kappa shape index (κ1) is 30.4. The summed E-state index contributed by atoms with van der Waals surface area (Å²) in [5, 5.41) is 2.79. The number of carbonyl (C=O) groups excluding carboxylic acids is 3. The van der Waals surface area contributed by atoms with Gasteiger partial charge in [0.15, 0.2) is 5.75 Å². The molecule has 206 valence electrons. The molecule has 8 nitrogen and oxygen atoms in total. The highest BCUT2D eigenvalue weighted by molar-refractivity contribution is 6.05. The molecule has 2 aromatic carbocycles. The minimum atomic E-state index is -0.831. The molecule has 0 heterocycles. The first-order valence-electron chi connectivity index (χ1n) is 13.1. The molecule has 0 fully saturated rings. The van der Waals surface area contributed by atoms with Crippen molar-refractivity contribution in [3.63, 3.8) is 0 Å². The quantitative estimate of drug-likeness (QED) is 0.123. The fraction of sp³-hybridized carbons (Fsp3) is 0.433. The third-order valence-electron chi connectivity index (χ3n) is 5.13. The number of ether oxygens (including phenoxy) is 4. The van der Waals surface area contributed by atoms with Crippen LogP contribution in [0.4, 0.5) is 5.69 Å². The van der Waals surface area contributed by atoms with E-state index in [-0.39, 0.29) is 23.5 Å². The van der Waals surface area contributed by atoms with E-state index in [9.17, 15) is 14.4 Å². The molecule has 0 spiro atoms. The fourth-order valence-corrected chi connectivity index (χ4v) is 3.35. The van der Waals surface area contributed by atoms with Crippen molar-refractivity contribution in [2.45, 2.75) is 78.9 Å². The van der Waals surface area contributed by atoms with E-state index in [0.29, 0.717) is 23.6 Å². The zero-order chi connectivity index (χ0) is 27.9. The second kappa shape index (κ2) is 16.1.